The van der Waals surface area contributed by atoms with E-state index in [0.29, 0.717) is 13.0 Å². The van der Waals surface area contributed by atoms with Crippen LogP contribution in [0.3, 0.4) is 0 Å². The van der Waals surface area contributed by atoms with Gasteiger partial charge in [0.05, 0.1) is 17.4 Å². The highest BCUT2D eigenvalue weighted by Gasteiger charge is 2.07. The Balaban J connectivity index is 1.85. The number of hydrogen-bond donors (Lipinski definition) is 2. The smallest absolute Gasteiger partial charge is 0.271 e. The average Bonchev–Trinajstić information content (AvgIpc) is 2.82. The minimum Gasteiger partial charge on any atom is -0.382 e. The minimum absolute atomic E-state index is 0.226. The van der Waals surface area contributed by atoms with Gasteiger partial charge in [0, 0.05) is 24.5 Å². The summed E-state index contributed by atoms with van der Waals surface area (Å²) in [4.78, 5) is 23.4. The molecule has 0 fully saturated rings. The van der Waals surface area contributed by atoms with E-state index >= 15 is 0 Å². The molecule has 2 heterocycles. The molecule has 7 heteroatoms. The fourth-order valence-corrected chi connectivity index (χ4v) is 1.86. The van der Waals surface area contributed by atoms with Crippen LogP contribution in [0.15, 0.2) is 24.0 Å². The zero-order valence-electron chi connectivity index (χ0n) is 8.96. The Labute approximate surface area is 102 Å². The van der Waals surface area contributed by atoms with Crippen LogP contribution in [0.25, 0.3) is 0 Å². The predicted octanol–water partition coefficient (Wildman–Crippen LogP) is 0.488. The maximum absolute atomic E-state index is 11.6. The van der Waals surface area contributed by atoms with Crippen molar-refractivity contribution >= 4 is 23.1 Å². The average molecular weight is 249 g/mol. The molecule has 17 heavy (non-hydrogen) atoms. The van der Waals surface area contributed by atoms with E-state index in [9.17, 15) is 4.79 Å². The summed E-state index contributed by atoms with van der Waals surface area (Å²) >= 11 is 1.56. The second kappa shape index (κ2) is 5.35. The van der Waals surface area contributed by atoms with Gasteiger partial charge in [0.25, 0.3) is 5.91 Å². The third-order valence-electron chi connectivity index (χ3n) is 1.99. The van der Waals surface area contributed by atoms with Crippen molar-refractivity contribution in [3.8, 4) is 0 Å². The number of carbonyl (C=O) groups excluding carboxylic acids is 1. The van der Waals surface area contributed by atoms with Crippen molar-refractivity contribution < 1.29 is 4.79 Å². The lowest BCUT2D eigenvalue weighted by atomic mass is 10.4. The zero-order chi connectivity index (χ0) is 12.1. The molecule has 0 atom stereocenters. The number of nitrogens with two attached hydrogens (primary N) is 1. The molecule has 0 aliphatic carbocycles. The Hall–Kier alpha value is -2.02. The fourth-order valence-electron chi connectivity index (χ4n) is 1.24. The topological polar surface area (TPSA) is 93.8 Å². The molecule has 0 aromatic carbocycles. The molecule has 0 unspecified atom stereocenters. The van der Waals surface area contributed by atoms with Crippen molar-refractivity contribution in [3.63, 3.8) is 0 Å². The van der Waals surface area contributed by atoms with Crippen LogP contribution in [0.5, 0.6) is 0 Å². The van der Waals surface area contributed by atoms with Crippen molar-refractivity contribution in [2.24, 2.45) is 0 Å². The van der Waals surface area contributed by atoms with Gasteiger partial charge in [-0.1, -0.05) is 0 Å². The van der Waals surface area contributed by atoms with Crippen molar-refractivity contribution in [3.05, 3.63) is 34.7 Å². The lowest BCUT2D eigenvalue weighted by Crippen LogP contribution is -2.26. The maximum Gasteiger partial charge on any atom is 0.271 e. The first-order chi connectivity index (χ1) is 8.25. The van der Waals surface area contributed by atoms with Crippen molar-refractivity contribution in [1.29, 1.82) is 0 Å². The zero-order valence-corrected chi connectivity index (χ0v) is 9.78. The van der Waals surface area contributed by atoms with Crippen LogP contribution >= 0.6 is 11.3 Å². The van der Waals surface area contributed by atoms with Gasteiger partial charge in [0.2, 0.25) is 0 Å². The number of nitrogen functional groups attached to an aromatic ring is 1. The Morgan fingerprint density at radius 3 is 3.06 bits per heavy atom. The molecule has 0 radical (unpaired) electrons. The van der Waals surface area contributed by atoms with Crippen LogP contribution in [0.1, 0.15) is 15.5 Å². The number of hydrogen-bond acceptors (Lipinski definition) is 6. The molecule has 0 saturated carbocycles. The van der Waals surface area contributed by atoms with Crippen LogP contribution in [0.2, 0.25) is 0 Å². The van der Waals surface area contributed by atoms with Gasteiger partial charge < -0.3 is 11.1 Å². The summed E-state index contributed by atoms with van der Waals surface area (Å²) in [7, 11) is 0. The van der Waals surface area contributed by atoms with Gasteiger partial charge in [-0.25, -0.2) is 9.97 Å². The number of aromatic nitrogens is 3. The molecule has 1 amide bonds. The summed E-state index contributed by atoms with van der Waals surface area (Å²) in [5, 5.41) is 5.63. The molecule has 88 valence electrons. The van der Waals surface area contributed by atoms with Gasteiger partial charge in [-0.05, 0) is 0 Å². The van der Waals surface area contributed by atoms with Gasteiger partial charge in [0.1, 0.15) is 11.5 Å². The highest BCUT2D eigenvalue weighted by molar-refractivity contribution is 7.09. The number of thiazole rings is 1. The van der Waals surface area contributed by atoms with E-state index in [0.717, 1.165) is 5.01 Å². The van der Waals surface area contributed by atoms with Crippen molar-refractivity contribution in [1.82, 2.24) is 20.3 Å². The van der Waals surface area contributed by atoms with E-state index in [1.54, 1.807) is 17.5 Å². The summed E-state index contributed by atoms with van der Waals surface area (Å²) in [6.07, 6.45) is 5.23. The van der Waals surface area contributed by atoms with Crippen LogP contribution in [-0.2, 0) is 6.42 Å². The molecule has 2 aromatic rings. The predicted molar refractivity (Wildman–Crippen MR) is 64.6 cm³/mol. The minimum atomic E-state index is -0.277. The first-order valence-corrected chi connectivity index (χ1v) is 5.88. The number of nitrogens with one attached hydrogen (secondary N) is 1. The van der Waals surface area contributed by atoms with E-state index in [1.165, 1.54) is 12.4 Å². The Morgan fingerprint density at radius 2 is 2.35 bits per heavy atom. The number of anilines is 1. The number of amides is 1. The summed E-state index contributed by atoms with van der Waals surface area (Å²) in [5.41, 5.74) is 5.67. The molecule has 0 saturated heterocycles. The van der Waals surface area contributed by atoms with Gasteiger partial charge in [-0.2, -0.15) is 0 Å². The molecule has 2 aromatic heterocycles. The van der Waals surface area contributed by atoms with E-state index < -0.39 is 0 Å². The molecule has 2 rings (SSSR count). The highest BCUT2D eigenvalue weighted by atomic mass is 32.1. The Morgan fingerprint density at radius 1 is 1.47 bits per heavy atom. The van der Waals surface area contributed by atoms with Crippen LogP contribution < -0.4 is 11.1 Å². The standard InChI is InChI=1S/C10H11N5OS/c11-8-6-12-5-7(15-8)10(16)14-2-1-9-13-3-4-17-9/h3-6H,1-2H2,(H2,11,15)(H,14,16). The largest absolute Gasteiger partial charge is 0.382 e. The summed E-state index contributed by atoms with van der Waals surface area (Å²) in [6, 6.07) is 0. The maximum atomic E-state index is 11.6. The summed E-state index contributed by atoms with van der Waals surface area (Å²) < 4.78 is 0. The molecule has 0 bridgehead atoms. The van der Waals surface area contributed by atoms with E-state index in [2.05, 4.69) is 20.3 Å². The lowest BCUT2D eigenvalue weighted by molar-refractivity contribution is 0.0949. The second-order valence-corrected chi connectivity index (χ2v) is 4.24. The summed E-state index contributed by atoms with van der Waals surface area (Å²) in [5.74, 6) is -0.0427. The van der Waals surface area contributed by atoms with E-state index in [-0.39, 0.29) is 17.4 Å². The monoisotopic (exact) mass is 249 g/mol. The van der Waals surface area contributed by atoms with Gasteiger partial charge in [-0.3, -0.25) is 9.78 Å². The van der Waals surface area contributed by atoms with Gasteiger partial charge >= 0.3 is 0 Å². The first kappa shape index (κ1) is 11.5. The SMILES string of the molecule is Nc1cncc(C(=O)NCCc2nccs2)n1. The molecular weight excluding hydrogens is 238 g/mol. The first-order valence-electron chi connectivity index (χ1n) is 5.00. The third kappa shape index (κ3) is 3.22. The van der Waals surface area contributed by atoms with Crippen LogP contribution in [0.4, 0.5) is 5.82 Å². The van der Waals surface area contributed by atoms with E-state index in [4.69, 9.17) is 5.73 Å². The Kier molecular flexibility index (Phi) is 3.61. The molecule has 0 aliphatic rings. The van der Waals surface area contributed by atoms with Gasteiger partial charge in [-0.15, -0.1) is 11.3 Å². The normalized spacial score (nSPS) is 10.1. The van der Waals surface area contributed by atoms with Crippen molar-refractivity contribution in [2.45, 2.75) is 6.42 Å². The molecule has 3 N–H and O–H groups in total. The molecule has 6 nitrogen and oxygen atoms in total. The molecule has 0 spiro atoms. The number of rotatable bonds is 4. The van der Waals surface area contributed by atoms with Crippen LogP contribution in [-0.4, -0.2) is 27.4 Å². The molecule has 0 aliphatic heterocycles. The highest BCUT2D eigenvalue weighted by Crippen LogP contribution is 2.03. The number of nitrogens with zero attached hydrogens (tertiary/aromatic N) is 3. The lowest BCUT2D eigenvalue weighted by Gasteiger charge is -2.03. The second-order valence-electron chi connectivity index (χ2n) is 3.26. The number of carbonyl (C=O) groups is 1. The summed E-state index contributed by atoms with van der Waals surface area (Å²) in [6.45, 7) is 0.517. The van der Waals surface area contributed by atoms with Crippen molar-refractivity contribution in [2.75, 3.05) is 12.3 Å². The van der Waals surface area contributed by atoms with Crippen LogP contribution in [0, 0.1) is 0 Å². The fraction of sp³-hybridized carbons (Fsp3) is 0.200. The van der Waals surface area contributed by atoms with Gasteiger partial charge in [0.15, 0.2) is 0 Å². The third-order valence-corrected chi connectivity index (χ3v) is 2.83. The van der Waals surface area contributed by atoms with E-state index in [1.807, 2.05) is 5.38 Å². The Bertz CT molecular complexity index is 499. The molecular formula is C10H11N5OS. The quantitative estimate of drug-likeness (QED) is 0.822.